The molecule has 1 aliphatic carbocycles. The summed E-state index contributed by atoms with van der Waals surface area (Å²) in [4.78, 5) is 21.4. The van der Waals surface area contributed by atoms with E-state index in [1.54, 1.807) is 6.92 Å². The predicted octanol–water partition coefficient (Wildman–Crippen LogP) is 5.64. The van der Waals surface area contributed by atoms with Crippen molar-refractivity contribution >= 4 is 45.7 Å². The maximum atomic E-state index is 12.3. The number of likely N-dealkylation sites (N-methyl/N-ethyl adjacent to an activating group) is 1. The highest BCUT2D eigenvalue weighted by atomic mass is 16.2. The maximum Gasteiger partial charge on any atom is 0.223 e. The molecule has 1 aromatic heterocycles. The average molecular weight is 427 g/mol. The summed E-state index contributed by atoms with van der Waals surface area (Å²) in [5, 5.41) is 1.24. The molecular weight excluding hydrogens is 396 g/mol. The average Bonchev–Trinajstić information content (AvgIpc) is 3.52. The first-order chi connectivity index (χ1) is 15.4. The molecular formula is C27H30N4O. The van der Waals surface area contributed by atoms with Crippen molar-refractivity contribution in [3.05, 3.63) is 60.3 Å². The lowest BCUT2D eigenvalue weighted by Gasteiger charge is -2.36. The zero-order chi connectivity index (χ0) is 22.4. The Hall–Kier alpha value is -3.34. The van der Waals surface area contributed by atoms with Crippen LogP contribution in [0.3, 0.4) is 0 Å². The summed E-state index contributed by atoms with van der Waals surface area (Å²) in [7, 11) is 2.07. The molecule has 0 saturated heterocycles. The van der Waals surface area contributed by atoms with Crippen LogP contribution in [0.4, 0.5) is 17.1 Å². The molecule has 2 heterocycles. The second kappa shape index (κ2) is 7.97. The summed E-state index contributed by atoms with van der Waals surface area (Å²) < 4.78 is 2.40. The van der Waals surface area contributed by atoms with Crippen LogP contribution in [0.2, 0.25) is 0 Å². The van der Waals surface area contributed by atoms with Crippen molar-refractivity contribution in [1.29, 1.82) is 0 Å². The van der Waals surface area contributed by atoms with E-state index in [9.17, 15) is 4.79 Å². The molecule has 1 fully saturated rings. The Bertz CT molecular complexity index is 1250. The van der Waals surface area contributed by atoms with Crippen molar-refractivity contribution in [3.63, 3.8) is 0 Å². The van der Waals surface area contributed by atoms with Crippen LogP contribution in [0.1, 0.15) is 37.9 Å². The molecule has 2 aromatic carbocycles. The number of para-hydroxylation sites is 1. The minimum Gasteiger partial charge on any atom is -0.369 e. The number of fused-ring (bicyclic) bond motifs is 2. The zero-order valence-corrected chi connectivity index (χ0v) is 19.1. The molecule has 3 aromatic rings. The molecule has 2 aliphatic rings. The number of amides is 1. The van der Waals surface area contributed by atoms with E-state index in [4.69, 9.17) is 4.99 Å². The molecule has 0 spiro atoms. The van der Waals surface area contributed by atoms with Gasteiger partial charge in [0.25, 0.3) is 0 Å². The van der Waals surface area contributed by atoms with Crippen molar-refractivity contribution in [1.82, 2.24) is 4.57 Å². The van der Waals surface area contributed by atoms with Gasteiger partial charge >= 0.3 is 0 Å². The molecule has 1 saturated carbocycles. The smallest absolute Gasteiger partial charge is 0.223 e. The molecule has 5 nitrogen and oxygen atoms in total. The van der Waals surface area contributed by atoms with Crippen molar-refractivity contribution < 1.29 is 4.79 Å². The van der Waals surface area contributed by atoms with E-state index in [2.05, 4.69) is 65.6 Å². The molecule has 5 heteroatoms. The molecule has 164 valence electrons. The Morgan fingerprint density at radius 2 is 1.94 bits per heavy atom. The first kappa shape index (κ1) is 20.6. The third-order valence-corrected chi connectivity index (χ3v) is 6.59. The fourth-order valence-corrected chi connectivity index (χ4v) is 4.59. The molecule has 0 bridgehead atoms. The largest absolute Gasteiger partial charge is 0.369 e. The number of benzene rings is 2. The van der Waals surface area contributed by atoms with Gasteiger partial charge < -0.3 is 14.4 Å². The van der Waals surface area contributed by atoms with Crippen molar-refractivity contribution in [2.75, 3.05) is 29.9 Å². The SMILES string of the molecule is C=C(C)c1cc(N=Cc2cc3ccccc3n2CC2CC2)c2c(c1)N(C(C)=O)CCN2C. The van der Waals surface area contributed by atoms with Crippen LogP contribution in [0.15, 0.2) is 54.0 Å². The fraction of sp³-hybridized carbons (Fsp3) is 0.333. The van der Waals surface area contributed by atoms with Crippen molar-refractivity contribution in [3.8, 4) is 0 Å². The monoisotopic (exact) mass is 426 g/mol. The van der Waals surface area contributed by atoms with Gasteiger partial charge in [-0.15, -0.1) is 0 Å². The van der Waals surface area contributed by atoms with E-state index in [0.29, 0.717) is 6.54 Å². The number of carbonyl (C=O) groups is 1. The quantitative estimate of drug-likeness (QED) is 0.496. The Morgan fingerprint density at radius 1 is 1.16 bits per heavy atom. The summed E-state index contributed by atoms with van der Waals surface area (Å²) in [6, 6.07) is 14.9. The van der Waals surface area contributed by atoms with Gasteiger partial charge in [-0.1, -0.05) is 30.4 Å². The zero-order valence-electron chi connectivity index (χ0n) is 19.1. The number of carbonyl (C=O) groups excluding carboxylic acids is 1. The predicted molar refractivity (Wildman–Crippen MR) is 134 cm³/mol. The van der Waals surface area contributed by atoms with Gasteiger partial charge in [-0.25, -0.2) is 0 Å². The number of hydrogen-bond donors (Lipinski definition) is 0. The number of rotatable bonds is 5. The van der Waals surface area contributed by atoms with E-state index < -0.39 is 0 Å². The fourth-order valence-electron chi connectivity index (χ4n) is 4.59. The van der Waals surface area contributed by atoms with Crippen LogP contribution >= 0.6 is 0 Å². The Labute approximate surface area is 189 Å². The van der Waals surface area contributed by atoms with Crippen LogP contribution in [0, 0.1) is 5.92 Å². The number of aromatic nitrogens is 1. The Kier molecular flexibility index (Phi) is 5.12. The molecule has 32 heavy (non-hydrogen) atoms. The lowest BCUT2D eigenvalue weighted by atomic mass is 10.0. The van der Waals surface area contributed by atoms with E-state index in [1.807, 2.05) is 18.0 Å². The van der Waals surface area contributed by atoms with Gasteiger partial charge in [0, 0.05) is 44.5 Å². The lowest BCUT2D eigenvalue weighted by Crippen LogP contribution is -2.41. The molecule has 1 aliphatic heterocycles. The number of hydrogen-bond acceptors (Lipinski definition) is 3. The summed E-state index contributed by atoms with van der Waals surface area (Å²) >= 11 is 0. The normalized spacial score (nSPS) is 16.1. The number of nitrogens with zero attached hydrogens (tertiary/aromatic N) is 4. The van der Waals surface area contributed by atoms with E-state index in [1.165, 1.54) is 23.7 Å². The molecule has 5 rings (SSSR count). The number of anilines is 2. The highest BCUT2D eigenvalue weighted by molar-refractivity contribution is 6.01. The molecule has 0 radical (unpaired) electrons. The second-order valence-electron chi connectivity index (χ2n) is 9.18. The summed E-state index contributed by atoms with van der Waals surface area (Å²) in [5.74, 6) is 0.824. The van der Waals surface area contributed by atoms with Gasteiger partial charge in [-0.05, 0) is 55.5 Å². The van der Waals surface area contributed by atoms with Crippen LogP contribution in [0.25, 0.3) is 16.5 Å². The Balaban J connectivity index is 1.63. The Morgan fingerprint density at radius 3 is 2.66 bits per heavy atom. The van der Waals surface area contributed by atoms with Crippen LogP contribution in [-0.2, 0) is 11.3 Å². The van der Waals surface area contributed by atoms with Crippen LogP contribution in [-0.4, -0.2) is 36.8 Å². The highest BCUT2D eigenvalue weighted by Crippen LogP contribution is 2.43. The van der Waals surface area contributed by atoms with Gasteiger partial charge in [0.05, 0.1) is 29.0 Å². The minimum absolute atomic E-state index is 0.0534. The molecule has 1 amide bonds. The first-order valence-corrected chi connectivity index (χ1v) is 11.4. The number of allylic oxidation sites excluding steroid dienone is 1. The highest BCUT2D eigenvalue weighted by Gasteiger charge is 2.27. The van der Waals surface area contributed by atoms with Gasteiger partial charge in [-0.2, -0.15) is 0 Å². The van der Waals surface area contributed by atoms with Crippen LogP contribution in [0.5, 0.6) is 0 Å². The summed E-state index contributed by atoms with van der Waals surface area (Å²) in [6.45, 7) is 10.2. The van der Waals surface area contributed by atoms with Crippen molar-refractivity contribution in [2.45, 2.75) is 33.2 Å². The van der Waals surface area contributed by atoms with Gasteiger partial charge in [0.1, 0.15) is 0 Å². The maximum absolute atomic E-state index is 12.3. The molecule has 0 N–H and O–H groups in total. The molecule has 0 unspecified atom stereocenters. The minimum atomic E-state index is 0.0534. The van der Waals surface area contributed by atoms with Gasteiger partial charge in [0.15, 0.2) is 0 Å². The molecule has 0 atom stereocenters. The lowest BCUT2D eigenvalue weighted by molar-refractivity contribution is -0.116. The number of aliphatic imine (C=N–C) groups is 1. The second-order valence-corrected chi connectivity index (χ2v) is 9.18. The standard InChI is InChI=1S/C27H30N4O/c1-18(2)22-14-24(27-26(15-22)30(19(3)32)12-11-29(27)4)28-16-23-13-21-7-5-6-8-25(21)31(23)17-20-9-10-20/h5-8,13-16,20H,1,9-12,17H2,2-4H3. The van der Waals surface area contributed by atoms with E-state index >= 15 is 0 Å². The van der Waals surface area contributed by atoms with Gasteiger partial charge in [-0.3, -0.25) is 9.79 Å². The third-order valence-electron chi connectivity index (χ3n) is 6.59. The van der Waals surface area contributed by atoms with Crippen LogP contribution < -0.4 is 9.80 Å². The third kappa shape index (κ3) is 3.72. The topological polar surface area (TPSA) is 40.8 Å². The summed E-state index contributed by atoms with van der Waals surface area (Å²) in [5.41, 5.74) is 7.14. The first-order valence-electron chi connectivity index (χ1n) is 11.4. The van der Waals surface area contributed by atoms with E-state index in [0.717, 1.165) is 52.9 Å². The summed E-state index contributed by atoms with van der Waals surface area (Å²) in [6.07, 6.45) is 4.60. The van der Waals surface area contributed by atoms with E-state index in [-0.39, 0.29) is 5.91 Å². The van der Waals surface area contributed by atoms with Crippen molar-refractivity contribution in [2.24, 2.45) is 10.9 Å². The van der Waals surface area contributed by atoms with Gasteiger partial charge in [0.2, 0.25) is 5.91 Å².